The summed E-state index contributed by atoms with van der Waals surface area (Å²) in [6.07, 6.45) is -2.07. The van der Waals surface area contributed by atoms with E-state index in [9.17, 15) is 18.0 Å². The Kier molecular flexibility index (Phi) is 4.20. The number of esters is 1. The molecule has 3 nitrogen and oxygen atoms in total. The maximum absolute atomic E-state index is 12.9. The largest absolute Gasteiger partial charge is 0.469 e. The topological polar surface area (TPSA) is 38.3 Å². The van der Waals surface area contributed by atoms with Crippen molar-refractivity contribution in [2.45, 2.75) is 37.9 Å². The van der Waals surface area contributed by atoms with Gasteiger partial charge >= 0.3 is 12.1 Å². The molecule has 1 aliphatic carbocycles. The fourth-order valence-electron chi connectivity index (χ4n) is 1.91. The monoisotopic (exact) mass is 287 g/mol. The number of rotatable bonds is 5. The van der Waals surface area contributed by atoms with Crippen molar-refractivity contribution in [2.75, 3.05) is 12.4 Å². The second kappa shape index (κ2) is 5.73. The van der Waals surface area contributed by atoms with Gasteiger partial charge in [0.1, 0.15) is 0 Å². The molecule has 2 rings (SSSR count). The molecule has 1 N–H and O–H groups in total. The minimum absolute atomic E-state index is 0.0994. The molecule has 1 fully saturated rings. The van der Waals surface area contributed by atoms with Crippen LogP contribution in [-0.2, 0) is 22.1 Å². The number of methoxy groups -OCH3 is 1. The third-order valence-electron chi connectivity index (χ3n) is 3.17. The van der Waals surface area contributed by atoms with E-state index in [-0.39, 0.29) is 24.1 Å². The summed E-state index contributed by atoms with van der Waals surface area (Å²) in [4.78, 5) is 11.1. The predicted molar refractivity (Wildman–Crippen MR) is 68.4 cm³/mol. The van der Waals surface area contributed by atoms with Crippen LogP contribution in [-0.4, -0.2) is 19.1 Å². The van der Waals surface area contributed by atoms with Gasteiger partial charge < -0.3 is 10.1 Å². The van der Waals surface area contributed by atoms with Gasteiger partial charge in [0.2, 0.25) is 0 Å². The quantitative estimate of drug-likeness (QED) is 0.844. The van der Waals surface area contributed by atoms with Crippen LogP contribution in [0.2, 0.25) is 0 Å². The van der Waals surface area contributed by atoms with Crippen molar-refractivity contribution < 1.29 is 22.7 Å². The molecule has 0 spiro atoms. The van der Waals surface area contributed by atoms with Crippen molar-refractivity contribution in [3.63, 3.8) is 0 Å². The Hall–Kier alpha value is -1.72. The summed E-state index contributed by atoms with van der Waals surface area (Å²) in [5, 5.41) is 2.90. The molecule has 0 saturated heterocycles. The van der Waals surface area contributed by atoms with Crippen LogP contribution in [0, 0.1) is 0 Å². The number of halogens is 3. The highest BCUT2D eigenvalue weighted by Crippen LogP contribution is 2.37. The number of ether oxygens (including phenoxy) is 1. The van der Waals surface area contributed by atoms with E-state index in [1.807, 2.05) is 0 Å². The Bertz CT molecular complexity index is 496. The molecule has 0 heterocycles. The van der Waals surface area contributed by atoms with Gasteiger partial charge in [-0.25, -0.2) is 0 Å². The highest BCUT2D eigenvalue weighted by atomic mass is 19.4. The van der Waals surface area contributed by atoms with Crippen molar-refractivity contribution in [2.24, 2.45) is 0 Å². The molecule has 1 aromatic carbocycles. The second-order valence-corrected chi connectivity index (χ2v) is 4.87. The molecule has 0 atom stereocenters. The molecule has 0 bridgehead atoms. The highest BCUT2D eigenvalue weighted by Gasteiger charge is 2.35. The van der Waals surface area contributed by atoms with Crippen LogP contribution in [0.1, 0.15) is 30.4 Å². The van der Waals surface area contributed by atoms with Gasteiger partial charge in [-0.3, -0.25) is 4.79 Å². The van der Waals surface area contributed by atoms with Gasteiger partial charge in [-0.2, -0.15) is 13.2 Å². The lowest BCUT2D eigenvalue weighted by Gasteiger charge is -2.15. The van der Waals surface area contributed by atoms with Crippen molar-refractivity contribution in [3.8, 4) is 0 Å². The maximum Gasteiger partial charge on any atom is 0.418 e. The van der Waals surface area contributed by atoms with Crippen molar-refractivity contribution >= 4 is 11.7 Å². The van der Waals surface area contributed by atoms with Crippen molar-refractivity contribution in [1.29, 1.82) is 0 Å². The van der Waals surface area contributed by atoms with E-state index in [0.717, 1.165) is 18.9 Å². The zero-order chi connectivity index (χ0) is 14.8. The van der Waals surface area contributed by atoms with Crippen LogP contribution >= 0.6 is 0 Å². The summed E-state index contributed by atoms with van der Waals surface area (Å²) in [6, 6.07) is 4.08. The van der Waals surface area contributed by atoms with Crippen LogP contribution in [0.5, 0.6) is 0 Å². The van der Waals surface area contributed by atoms with Gasteiger partial charge in [0, 0.05) is 18.2 Å². The van der Waals surface area contributed by atoms with Crippen LogP contribution < -0.4 is 5.32 Å². The fourth-order valence-corrected chi connectivity index (χ4v) is 1.91. The highest BCUT2D eigenvalue weighted by molar-refractivity contribution is 5.69. The summed E-state index contributed by atoms with van der Waals surface area (Å²) < 4.78 is 43.2. The fraction of sp³-hybridized carbons (Fsp3) is 0.500. The zero-order valence-electron chi connectivity index (χ0n) is 11.1. The van der Waals surface area contributed by atoms with Crippen molar-refractivity contribution in [3.05, 3.63) is 29.3 Å². The Morgan fingerprint density at radius 2 is 2.10 bits per heavy atom. The van der Waals surface area contributed by atoms with Gasteiger partial charge in [-0.05, 0) is 37.0 Å². The number of carbonyl (C=O) groups is 1. The minimum atomic E-state index is -4.38. The Labute approximate surface area is 115 Å². The molecule has 0 aliphatic heterocycles. The summed E-state index contributed by atoms with van der Waals surface area (Å²) >= 11 is 0. The molecule has 0 aromatic heterocycles. The summed E-state index contributed by atoms with van der Waals surface area (Å²) in [7, 11) is 1.29. The summed E-state index contributed by atoms with van der Waals surface area (Å²) in [5.74, 6) is -0.374. The molecule has 0 unspecified atom stereocenters. The van der Waals surface area contributed by atoms with Gasteiger partial charge in [-0.15, -0.1) is 0 Å². The van der Waals surface area contributed by atoms with E-state index in [0.29, 0.717) is 12.0 Å². The first-order valence-electron chi connectivity index (χ1n) is 6.43. The first kappa shape index (κ1) is 14.7. The molecule has 1 aromatic rings. The summed E-state index contributed by atoms with van der Waals surface area (Å²) in [5.41, 5.74) is 0.125. The molecular formula is C14H16F3NO2. The van der Waals surface area contributed by atoms with E-state index < -0.39 is 11.7 Å². The molecule has 110 valence electrons. The lowest BCUT2D eigenvalue weighted by atomic mass is 10.0. The number of hydrogen-bond donors (Lipinski definition) is 1. The lowest BCUT2D eigenvalue weighted by molar-refractivity contribution is -0.140. The minimum Gasteiger partial charge on any atom is -0.469 e. The molecule has 1 saturated carbocycles. The Morgan fingerprint density at radius 1 is 1.40 bits per heavy atom. The average Bonchev–Trinajstić information content (AvgIpc) is 3.18. The molecule has 0 amide bonds. The first-order chi connectivity index (χ1) is 9.40. The third kappa shape index (κ3) is 3.88. The molecule has 20 heavy (non-hydrogen) atoms. The van der Waals surface area contributed by atoms with E-state index in [2.05, 4.69) is 10.1 Å². The van der Waals surface area contributed by atoms with E-state index in [1.165, 1.54) is 19.2 Å². The Balaban J connectivity index is 2.16. The van der Waals surface area contributed by atoms with Gasteiger partial charge in [0.05, 0.1) is 12.7 Å². The number of anilines is 1. The predicted octanol–water partition coefficient (Wildman–Crippen LogP) is 3.39. The van der Waals surface area contributed by atoms with Crippen LogP contribution in [0.4, 0.5) is 18.9 Å². The second-order valence-electron chi connectivity index (χ2n) is 4.87. The molecular weight excluding hydrogens is 271 g/mol. The van der Waals surface area contributed by atoms with Crippen LogP contribution in [0.3, 0.4) is 0 Å². The summed E-state index contributed by atoms with van der Waals surface area (Å²) in [6.45, 7) is 0. The first-order valence-corrected chi connectivity index (χ1v) is 6.43. The van der Waals surface area contributed by atoms with Crippen LogP contribution in [0.25, 0.3) is 0 Å². The van der Waals surface area contributed by atoms with Crippen LogP contribution in [0.15, 0.2) is 18.2 Å². The van der Waals surface area contributed by atoms with E-state index in [4.69, 9.17) is 0 Å². The smallest absolute Gasteiger partial charge is 0.418 e. The van der Waals surface area contributed by atoms with Gasteiger partial charge in [-0.1, -0.05) is 6.07 Å². The standard InChI is InChI=1S/C14H16F3NO2/c1-20-13(19)7-3-9-2-6-11(14(15,16)17)12(8-9)18-10-4-5-10/h2,6,8,10,18H,3-5,7H2,1H3. The van der Waals surface area contributed by atoms with E-state index in [1.54, 1.807) is 0 Å². The normalized spacial score (nSPS) is 15.0. The zero-order valence-corrected chi connectivity index (χ0v) is 11.1. The third-order valence-corrected chi connectivity index (χ3v) is 3.17. The van der Waals surface area contributed by atoms with Gasteiger partial charge in [0.15, 0.2) is 0 Å². The Morgan fingerprint density at radius 3 is 2.65 bits per heavy atom. The number of alkyl halides is 3. The molecule has 1 aliphatic rings. The van der Waals surface area contributed by atoms with E-state index >= 15 is 0 Å². The number of aryl methyl sites for hydroxylation is 1. The number of carbonyl (C=O) groups excluding carboxylic acids is 1. The van der Waals surface area contributed by atoms with Gasteiger partial charge in [0.25, 0.3) is 0 Å². The molecule has 0 radical (unpaired) electrons. The maximum atomic E-state index is 12.9. The number of nitrogens with one attached hydrogen (secondary N) is 1. The number of benzene rings is 1. The SMILES string of the molecule is COC(=O)CCc1ccc(C(F)(F)F)c(NC2CC2)c1. The number of hydrogen-bond acceptors (Lipinski definition) is 3. The van der Waals surface area contributed by atoms with Crippen molar-refractivity contribution in [1.82, 2.24) is 0 Å². The average molecular weight is 287 g/mol. The lowest BCUT2D eigenvalue weighted by Crippen LogP contribution is -2.12. The molecule has 6 heteroatoms.